The zero-order valence-corrected chi connectivity index (χ0v) is 15.5. The van der Waals surface area contributed by atoms with Crippen LogP contribution in [-0.4, -0.2) is 29.4 Å². The molecule has 0 amide bonds. The van der Waals surface area contributed by atoms with Crippen molar-refractivity contribution in [3.63, 3.8) is 0 Å². The molecule has 11 heteroatoms. The number of hydrogen-bond acceptors (Lipinski definition) is 4. The van der Waals surface area contributed by atoms with Gasteiger partial charge in [-0.2, -0.15) is 18.3 Å². The highest BCUT2D eigenvalue weighted by atomic mass is 127. The molecule has 3 heterocycles. The van der Waals surface area contributed by atoms with E-state index < -0.39 is 11.7 Å². The monoisotopic (exact) mass is 470 g/mol. The molecule has 0 aromatic carbocycles. The Labute approximate surface area is 153 Å². The molecule has 0 radical (unpaired) electrons. The molecule has 0 saturated carbocycles. The smallest absolute Gasteiger partial charge is 0.252 e. The molecule has 0 saturated heterocycles. The summed E-state index contributed by atoms with van der Waals surface area (Å²) in [4.78, 5) is 8.29. The van der Waals surface area contributed by atoms with Gasteiger partial charge in [0.15, 0.2) is 11.5 Å². The third kappa shape index (κ3) is 3.21. The lowest BCUT2D eigenvalue weighted by molar-refractivity contribution is -0.136. The summed E-state index contributed by atoms with van der Waals surface area (Å²) in [6.45, 7) is 1.60. The van der Waals surface area contributed by atoms with E-state index in [-0.39, 0.29) is 10.7 Å². The lowest BCUT2D eigenvalue weighted by Gasteiger charge is -2.09. The number of rotatable bonds is 3. The van der Waals surface area contributed by atoms with E-state index in [1.54, 1.807) is 18.7 Å². The number of pyridine rings is 1. The van der Waals surface area contributed by atoms with E-state index in [4.69, 9.17) is 11.6 Å². The minimum Gasteiger partial charge on any atom is -0.252 e. The molecule has 0 aliphatic carbocycles. The minimum absolute atomic E-state index is 0.00544. The van der Waals surface area contributed by atoms with Crippen LogP contribution < -0.4 is 0 Å². The summed E-state index contributed by atoms with van der Waals surface area (Å²) in [5, 5.41) is 8.27. The van der Waals surface area contributed by atoms with E-state index in [2.05, 4.69) is 20.2 Å². The molecule has 0 N–H and O–H groups in total. The number of aromatic nitrogens is 6. The van der Waals surface area contributed by atoms with E-state index in [0.29, 0.717) is 34.0 Å². The number of alkyl halides is 3. The van der Waals surface area contributed by atoms with Gasteiger partial charge in [-0.15, -0.1) is 5.10 Å². The van der Waals surface area contributed by atoms with Crippen molar-refractivity contribution < 1.29 is 13.2 Å². The largest absolute Gasteiger partial charge is 0.420 e. The van der Waals surface area contributed by atoms with E-state index in [1.807, 2.05) is 22.6 Å². The number of nitrogens with zero attached hydrogens (tertiary/aromatic N) is 6. The van der Waals surface area contributed by atoms with Crippen LogP contribution in [0.3, 0.4) is 0 Å². The fourth-order valence-electron chi connectivity index (χ4n) is 2.30. The Morgan fingerprint density at radius 1 is 1.21 bits per heavy atom. The predicted molar refractivity (Wildman–Crippen MR) is 88.9 cm³/mol. The van der Waals surface area contributed by atoms with Gasteiger partial charge in [-0.3, -0.25) is 4.68 Å². The second-order valence-electron chi connectivity index (χ2n) is 5.17. The van der Waals surface area contributed by atoms with Crippen molar-refractivity contribution >= 4 is 39.8 Å². The van der Waals surface area contributed by atoms with Crippen LogP contribution in [0, 0.1) is 10.8 Å². The first-order valence-electron chi connectivity index (χ1n) is 6.84. The number of hydrogen-bond donors (Lipinski definition) is 0. The highest BCUT2D eigenvalue weighted by molar-refractivity contribution is 14.1. The van der Waals surface area contributed by atoms with Gasteiger partial charge in [-0.25, -0.2) is 14.5 Å². The number of aryl methyl sites for hydroxylation is 4. The van der Waals surface area contributed by atoms with Gasteiger partial charge >= 0.3 is 6.18 Å². The van der Waals surface area contributed by atoms with Gasteiger partial charge in [0.2, 0.25) is 3.83 Å². The average molecular weight is 471 g/mol. The SMILES string of the molecule is Cc1c(Cl)cc(C(F)(F)F)c2nc(CCc3nc(I)nn3C)nn12. The summed E-state index contributed by atoms with van der Waals surface area (Å²) in [6, 6.07) is 0.885. The molecule has 0 spiro atoms. The van der Waals surface area contributed by atoms with Crippen molar-refractivity contribution in [1.82, 2.24) is 29.4 Å². The molecule has 3 rings (SSSR count). The van der Waals surface area contributed by atoms with Crippen LogP contribution in [0.2, 0.25) is 5.02 Å². The van der Waals surface area contributed by atoms with Crippen LogP contribution in [-0.2, 0) is 26.1 Å². The third-order valence-electron chi connectivity index (χ3n) is 3.53. The van der Waals surface area contributed by atoms with Gasteiger partial charge < -0.3 is 0 Å². The molecule has 3 aromatic rings. The average Bonchev–Trinajstić information content (AvgIpc) is 3.03. The van der Waals surface area contributed by atoms with E-state index in [9.17, 15) is 13.2 Å². The maximum atomic E-state index is 13.2. The molecule has 0 aliphatic rings. The van der Waals surface area contributed by atoms with Crippen molar-refractivity contribution in [2.24, 2.45) is 7.05 Å². The van der Waals surface area contributed by atoms with E-state index in [1.165, 1.54) is 0 Å². The van der Waals surface area contributed by atoms with Crippen LogP contribution in [0.4, 0.5) is 13.2 Å². The predicted octanol–water partition coefficient (Wildman–Crippen LogP) is 3.23. The fourth-order valence-corrected chi connectivity index (χ4v) is 3.09. The Morgan fingerprint density at radius 3 is 2.50 bits per heavy atom. The molecule has 0 atom stereocenters. The molecule has 3 aromatic heterocycles. The van der Waals surface area contributed by atoms with Gasteiger partial charge in [0.05, 0.1) is 10.7 Å². The van der Waals surface area contributed by atoms with Crippen molar-refractivity contribution in [3.8, 4) is 0 Å². The first-order valence-corrected chi connectivity index (χ1v) is 8.30. The fraction of sp³-hybridized carbons (Fsp3) is 0.385. The zero-order valence-electron chi connectivity index (χ0n) is 12.6. The molecular weight excluding hydrogens is 460 g/mol. The highest BCUT2D eigenvalue weighted by Crippen LogP contribution is 2.34. The zero-order chi connectivity index (χ0) is 17.6. The molecule has 0 bridgehead atoms. The van der Waals surface area contributed by atoms with E-state index in [0.717, 1.165) is 10.6 Å². The van der Waals surface area contributed by atoms with Gasteiger partial charge in [0.25, 0.3) is 0 Å². The van der Waals surface area contributed by atoms with E-state index >= 15 is 0 Å². The summed E-state index contributed by atoms with van der Waals surface area (Å²) < 4.78 is 42.9. The Bertz CT molecular complexity index is 917. The molecule has 0 unspecified atom stereocenters. The second-order valence-corrected chi connectivity index (χ2v) is 6.55. The first kappa shape index (κ1) is 17.4. The van der Waals surface area contributed by atoms with Crippen molar-refractivity contribution in [3.05, 3.63) is 37.8 Å². The molecule has 6 nitrogen and oxygen atoms in total. The van der Waals surface area contributed by atoms with Gasteiger partial charge in [0.1, 0.15) is 11.4 Å². The summed E-state index contributed by atoms with van der Waals surface area (Å²) in [5.74, 6) is 1.01. The van der Waals surface area contributed by atoms with Crippen LogP contribution in [0.25, 0.3) is 5.65 Å². The maximum Gasteiger partial charge on any atom is 0.420 e. The third-order valence-corrected chi connectivity index (χ3v) is 4.37. The lowest BCUT2D eigenvalue weighted by Crippen LogP contribution is -2.09. The van der Waals surface area contributed by atoms with Crippen molar-refractivity contribution in [2.45, 2.75) is 25.9 Å². The molecule has 0 aliphatic heterocycles. The summed E-state index contributed by atoms with van der Waals surface area (Å²) in [6.07, 6.45) is -3.74. The standard InChI is InChI=1S/C13H11ClF3IN6/c1-6-8(14)5-7(13(15,16)17)11-19-9(21-24(6)11)3-4-10-20-12(18)22-23(10)2/h5H,3-4H2,1-2H3. The quantitative estimate of drug-likeness (QED) is 0.552. The summed E-state index contributed by atoms with van der Waals surface area (Å²) in [5.41, 5.74) is -0.733. The van der Waals surface area contributed by atoms with Crippen LogP contribution in [0.1, 0.15) is 22.9 Å². The van der Waals surface area contributed by atoms with Gasteiger partial charge in [-0.05, 0) is 13.0 Å². The molecule has 0 fully saturated rings. The van der Waals surface area contributed by atoms with Gasteiger partial charge in [-0.1, -0.05) is 11.6 Å². The van der Waals surface area contributed by atoms with Gasteiger partial charge in [0, 0.05) is 42.5 Å². The normalized spacial score (nSPS) is 12.3. The Morgan fingerprint density at radius 2 is 1.92 bits per heavy atom. The summed E-state index contributed by atoms with van der Waals surface area (Å²) >= 11 is 7.89. The number of halogens is 5. The Kier molecular flexibility index (Phi) is 4.45. The molecular formula is C13H11ClF3IN6. The molecule has 24 heavy (non-hydrogen) atoms. The Balaban J connectivity index is 1.99. The van der Waals surface area contributed by atoms with Crippen molar-refractivity contribution in [1.29, 1.82) is 0 Å². The number of fused-ring (bicyclic) bond motifs is 1. The van der Waals surface area contributed by atoms with Crippen LogP contribution in [0.5, 0.6) is 0 Å². The Hall–Kier alpha value is -1.43. The highest BCUT2D eigenvalue weighted by Gasteiger charge is 2.35. The molecule has 128 valence electrons. The van der Waals surface area contributed by atoms with Crippen molar-refractivity contribution in [2.75, 3.05) is 0 Å². The lowest BCUT2D eigenvalue weighted by atomic mass is 10.2. The second kappa shape index (κ2) is 6.14. The topological polar surface area (TPSA) is 60.9 Å². The van der Waals surface area contributed by atoms with Crippen LogP contribution >= 0.6 is 34.2 Å². The maximum absolute atomic E-state index is 13.2. The van der Waals surface area contributed by atoms with Crippen LogP contribution in [0.15, 0.2) is 6.07 Å². The summed E-state index contributed by atoms with van der Waals surface area (Å²) in [7, 11) is 1.76. The first-order chi connectivity index (χ1) is 11.2. The minimum atomic E-state index is -4.55.